The molecule has 0 unspecified atom stereocenters. The summed E-state index contributed by atoms with van der Waals surface area (Å²) in [4.78, 5) is 37.5. The smallest absolute Gasteiger partial charge is 0.269 e. The molecule has 30 heavy (non-hydrogen) atoms. The van der Waals surface area contributed by atoms with Crippen molar-refractivity contribution in [2.24, 2.45) is 5.41 Å². The lowest BCUT2D eigenvalue weighted by Crippen LogP contribution is -2.37. The summed E-state index contributed by atoms with van der Waals surface area (Å²) in [5, 5.41) is 14.8. The van der Waals surface area contributed by atoms with E-state index in [1.165, 1.54) is 12.1 Å². The van der Waals surface area contributed by atoms with Crippen LogP contribution in [0.4, 0.5) is 5.69 Å². The molecule has 0 fully saturated rings. The molecule has 1 atom stereocenters. The largest absolute Gasteiger partial charge is 0.358 e. The lowest BCUT2D eigenvalue weighted by Gasteiger charge is -2.39. The monoisotopic (exact) mass is 400 g/mol. The van der Waals surface area contributed by atoms with Gasteiger partial charge in [0.1, 0.15) is 0 Å². The van der Waals surface area contributed by atoms with Gasteiger partial charge in [-0.1, -0.05) is 50.2 Å². The van der Waals surface area contributed by atoms with Gasteiger partial charge in [0.15, 0.2) is 11.6 Å². The van der Waals surface area contributed by atoms with Gasteiger partial charge in [0.2, 0.25) is 0 Å². The number of rotatable bonds is 2. The van der Waals surface area contributed by atoms with Crippen molar-refractivity contribution in [2.45, 2.75) is 32.6 Å². The number of non-ortho nitro benzene ring substituents is 1. The summed E-state index contributed by atoms with van der Waals surface area (Å²) in [5.41, 5.74) is 4.36. The van der Waals surface area contributed by atoms with Gasteiger partial charge in [-0.25, -0.2) is 0 Å². The quantitative estimate of drug-likeness (QED) is 0.591. The Morgan fingerprint density at radius 3 is 2.47 bits per heavy atom. The van der Waals surface area contributed by atoms with Gasteiger partial charge in [0.05, 0.1) is 10.6 Å². The highest BCUT2D eigenvalue weighted by molar-refractivity contribution is 6.23. The van der Waals surface area contributed by atoms with Crippen molar-refractivity contribution in [1.29, 1.82) is 0 Å². The van der Waals surface area contributed by atoms with Crippen molar-refractivity contribution < 1.29 is 14.5 Å². The highest BCUT2D eigenvalue weighted by atomic mass is 16.6. The molecule has 0 aromatic heterocycles. The number of Topliss-reactive ketones (excluding diaryl/α,β-unsaturated/α-hetero) is 2. The molecule has 0 saturated carbocycles. The maximum Gasteiger partial charge on any atom is 0.269 e. The van der Waals surface area contributed by atoms with Crippen LogP contribution < -0.4 is 5.32 Å². The maximum absolute atomic E-state index is 13.4. The van der Waals surface area contributed by atoms with Gasteiger partial charge in [-0.05, 0) is 17.4 Å². The van der Waals surface area contributed by atoms with Crippen LogP contribution in [0.5, 0.6) is 0 Å². The molecule has 6 nitrogen and oxygen atoms in total. The van der Waals surface area contributed by atoms with Crippen LogP contribution in [-0.2, 0) is 4.79 Å². The summed E-state index contributed by atoms with van der Waals surface area (Å²) < 4.78 is 0. The normalized spacial score (nSPS) is 21.7. The van der Waals surface area contributed by atoms with E-state index in [1.54, 1.807) is 18.2 Å². The molecule has 1 aliphatic heterocycles. The number of fused-ring (bicyclic) bond motifs is 2. The van der Waals surface area contributed by atoms with Crippen LogP contribution in [0.3, 0.4) is 0 Å². The molecule has 1 N–H and O–H groups in total. The zero-order chi connectivity index (χ0) is 21.2. The molecule has 2 aliphatic carbocycles. The molecular weight excluding hydrogens is 380 g/mol. The summed E-state index contributed by atoms with van der Waals surface area (Å²) in [7, 11) is 0. The Labute approximate surface area is 173 Å². The van der Waals surface area contributed by atoms with Crippen LogP contribution in [-0.4, -0.2) is 16.5 Å². The minimum absolute atomic E-state index is 0.0134. The van der Waals surface area contributed by atoms with Gasteiger partial charge in [-0.2, -0.15) is 0 Å². The van der Waals surface area contributed by atoms with Crippen LogP contribution in [0.1, 0.15) is 54.1 Å². The maximum atomic E-state index is 13.4. The number of nitro groups is 1. The first kappa shape index (κ1) is 18.5. The van der Waals surface area contributed by atoms with Crippen molar-refractivity contribution in [3.8, 4) is 0 Å². The number of nitro benzene ring substituents is 1. The van der Waals surface area contributed by atoms with Crippen LogP contribution in [0.15, 0.2) is 65.4 Å². The molecule has 0 saturated heterocycles. The topological polar surface area (TPSA) is 89.3 Å². The molecule has 0 radical (unpaired) electrons. The minimum atomic E-state index is -0.611. The third-order valence-electron chi connectivity index (χ3n) is 6.14. The van der Waals surface area contributed by atoms with E-state index in [4.69, 9.17) is 0 Å². The first-order valence-electron chi connectivity index (χ1n) is 9.93. The van der Waals surface area contributed by atoms with Crippen LogP contribution in [0.25, 0.3) is 5.70 Å². The fourth-order valence-electron chi connectivity index (χ4n) is 4.94. The predicted molar refractivity (Wildman–Crippen MR) is 112 cm³/mol. The lowest BCUT2D eigenvalue weighted by molar-refractivity contribution is -0.384. The lowest BCUT2D eigenvalue weighted by atomic mass is 9.68. The molecule has 6 heteroatoms. The van der Waals surface area contributed by atoms with E-state index in [0.717, 1.165) is 17.0 Å². The summed E-state index contributed by atoms with van der Waals surface area (Å²) in [6.07, 6.45) is 1.05. The first-order valence-corrected chi connectivity index (χ1v) is 9.93. The predicted octanol–water partition coefficient (Wildman–Crippen LogP) is 4.53. The number of benzene rings is 2. The van der Waals surface area contributed by atoms with Gasteiger partial charge in [0, 0.05) is 52.4 Å². The molecule has 0 bridgehead atoms. The molecule has 150 valence electrons. The van der Waals surface area contributed by atoms with Crippen molar-refractivity contribution in [3.63, 3.8) is 0 Å². The van der Waals surface area contributed by atoms with Crippen LogP contribution >= 0.6 is 0 Å². The highest BCUT2D eigenvalue weighted by Crippen LogP contribution is 2.51. The van der Waals surface area contributed by atoms with E-state index in [-0.39, 0.29) is 22.7 Å². The Hall–Kier alpha value is -3.54. The van der Waals surface area contributed by atoms with Crippen molar-refractivity contribution >= 4 is 23.0 Å². The van der Waals surface area contributed by atoms with E-state index in [1.807, 2.05) is 18.2 Å². The van der Waals surface area contributed by atoms with Crippen LogP contribution in [0.2, 0.25) is 0 Å². The highest BCUT2D eigenvalue weighted by Gasteiger charge is 2.46. The Morgan fingerprint density at radius 1 is 1.00 bits per heavy atom. The van der Waals surface area contributed by atoms with Gasteiger partial charge in [-0.15, -0.1) is 0 Å². The van der Waals surface area contributed by atoms with Crippen LogP contribution in [0, 0.1) is 15.5 Å². The van der Waals surface area contributed by atoms with E-state index in [0.29, 0.717) is 35.1 Å². The Kier molecular flexibility index (Phi) is 3.84. The van der Waals surface area contributed by atoms with Gasteiger partial charge in [0.25, 0.3) is 5.69 Å². The number of hydrogen-bond donors (Lipinski definition) is 1. The number of nitrogens with zero attached hydrogens (tertiary/aromatic N) is 1. The Bertz CT molecular complexity index is 1220. The van der Waals surface area contributed by atoms with E-state index >= 15 is 0 Å². The first-order chi connectivity index (χ1) is 14.3. The van der Waals surface area contributed by atoms with E-state index in [2.05, 4.69) is 19.2 Å². The van der Waals surface area contributed by atoms with Gasteiger partial charge < -0.3 is 5.32 Å². The Balaban J connectivity index is 1.76. The molecule has 0 amide bonds. The average molecular weight is 400 g/mol. The number of carbonyl (C=O) groups excluding carboxylic acids is 2. The zero-order valence-electron chi connectivity index (χ0n) is 16.7. The van der Waals surface area contributed by atoms with Gasteiger partial charge in [-0.3, -0.25) is 19.7 Å². The molecule has 0 spiro atoms. The molecule has 2 aromatic carbocycles. The Morgan fingerprint density at radius 2 is 1.73 bits per heavy atom. The zero-order valence-corrected chi connectivity index (χ0v) is 16.7. The number of hydrogen-bond acceptors (Lipinski definition) is 5. The van der Waals surface area contributed by atoms with Crippen molar-refractivity contribution in [1.82, 2.24) is 5.32 Å². The van der Waals surface area contributed by atoms with Crippen molar-refractivity contribution in [3.05, 3.63) is 92.2 Å². The summed E-state index contributed by atoms with van der Waals surface area (Å²) in [6.45, 7) is 4.10. The molecule has 5 rings (SSSR count). The number of allylic oxidation sites excluding steroid dienone is 3. The third kappa shape index (κ3) is 2.64. The number of carbonyl (C=O) groups is 2. The van der Waals surface area contributed by atoms with Gasteiger partial charge >= 0.3 is 0 Å². The molecule has 1 heterocycles. The standard InChI is InChI=1S/C24H20N2O4/c1-24(2)11-17-20(18(27)12-24)19(13-6-5-7-14(10-13)26(29)30)21-22(25-17)15-8-3-4-9-16(15)23(21)28/h3-10,19,25H,11-12H2,1-2H3/t19-/m1/s1. The average Bonchev–Trinajstić information content (AvgIpc) is 2.98. The molecule has 2 aromatic rings. The minimum Gasteiger partial charge on any atom is -0.358 e. The fraction of sp³-hybridized carbons (Fsp3) is 0.250. The number of ketones is 2. The summed E-state index contributed by atoms with van der Waals surface area (Å²) in [6, 6.07) is 13.7. The van der Waals surface area contributed by atoms with E-state index in [9.17, 15) is 19.7 Å². The number of dihydropyridines is 1. The second-order valence-corrected chi connectivity index (χ2v) is 8.91. The molecule has 3 aliphatic rings. The fourth-order valence-corrected chi connectivity index (χ4v) is 4.94. The second kappa shape index (κ2) is 6.23. The van der Waals surface area contributed by atoms with E-state index < -0.39 is 10.8 Å². The SMILES string of the molecule is CC1(C)CC(=O)C2=C(C1)NC1=C(C(=O)c3ccccc31)[C@@H]2c1cccc([N+](=O)[O-])c1. The summed E-state index contributed by atoms with van der Waals surface area (Å²) >= 11 is 0. The summed E-state index contributed by atoms with van der Waals surface area (Å²) in [5.74, 6) is -0.756. The third-order valence-corrected chi connectivity index (χ3v) is 6.14. The second-order valence-electron chi connectivity index (χ2n) is 8.91. The molecular formula is C24H20N2O4. The van der Waals surface area contributed by atoms with Crippen molar-refractivity contribution in [2.75, 3.05) is 0 Å². The number of nitrogens with one attached hydrogen (secondary N) is 1.